The van der Waals surface area contributed by atoms with E-state index in [9.17, 15) is 4.79 Å². The fourth-order valence-corrected chi connectivity index (χ4v) is 4.01. The molecule has 1 aromatic carbocycles. The fraction of sp³-hybridized carbons (Fsp3) is 0.550. The Balaban J connectivity index is 1.38. The summed E-state index contributed by atoms with van der Waals surface area (Å²) < 4.78 is 7.85. The quantitative estimate of drug-likeness (QED) is 0.933. The van der Waals surface area contributed by atoms with Crippen LogP contribution in [0, 0.1) is 12.3 Å². The maximum atomic E-state index is 12.5. The standard InChI is InChI=1S/C20H27N3O2/c1-15-4-3-5-17-16(12-22(2)18(15)17)6-9-21-19(24)23-10-11-25-14-20(13-23)7-8-20/h3-5,12H,6-11,13-14H2,1-2H3,(H,21,24). The minimum atomic E-state index is 0.0493. The van der Waals surface area contributed by atoms with Crippen LogP contribution < -0.4 is 5.32 Å². The van der Waals surface area contributed by atoms with Crippen molar-refractivity contribution in [2.24, 2.45) is 12.5 Å². The summed E-state index contributed by atoms with van der Waals surface area (Å²) >= 11 is 0. The molecule has 1 N–H and O–H groups in total. The van der Waals surface area contributed by atoms with Crippen molar-refractivity contribution >= 4 is 16.9 Å². The SMILES string of the molecule is Cc1cccc2c(CCNC(=O)N3CCOCC4(CC4)C3)cn(C)c12. The van der Waals surface area contributed by atoms with Crippen LogP contribution in [0.15, 0.2) is 24.4 Å². The van der Waals surface area contributed by atoms with Gasteiger partial charge in [-0.2, -0.15) is 0 Å². The molecule has 134 valence electrons. The number of urea groups is 1. The molecule has 2 heterocycles. The average Bonchev–Trinajstić information content (AvgIpc) is 3.33. The van der Waals surface area contributed by atoms with E-state index in [1.165, 1.54) is 34.9 Å². The highest BCUT2D eigenvalue weighted by atomic mass is 16.5. The van der Waals surface area contributed by atoms with E-state index >= 15 is 0 Å². The maximum absolute atomic E-state index is 12.5. The van der Waals surface area contributed by atoms with Crippen LogP contribution in [0.25, 0.3) is 10.9 Å². The highest BCUT2D eigenvalue weighted by Crippen LogP contribution is 2.47. The lowest BCUT2D eigenvalue weighted by atomic mass is 10.1. The molecule has 2 aromatic rings. The molecule has 0 radical (unpaired) electrons. The minimum absolute atomic E-state index is 0.0493. The average molecular weight is 341 g/mol. The molecular formula is C20H27N3O2. The molecule has 2 amide bonds. The molecule has 5 heteroatoms. The smallest absolute Gasteiger partial charge is 0.317 e. The number of hydrogen-bond donors (Lipinski definition) is 1. The summed E-state index contributed by atoms with van der Waals surface area (Å²) in [5.41, 5.74) is 4.11. The first kappa shape index (κ1) is 16.5. The Morgan fingerprint density at radius 2 is 2.20 bits per heavy atom. The number of benzene rings is 1. The van der Waals surface area contributed by atoms with Crippen molar-refractivity contribution in [2.45, 2.75) is 26.2 Å². The summed E-state index contributed by atoms with van der Waals surface area (Å²) in [4.78, 5) is 14.5. The van der Waals surface area contributed by atoms with Crippen molar-refractivity contribution in [1.29, 1.82) is 0 Å². The van der Waals surface area contributed by atoms with E-state index in [0.717, 1.165) is 19.6 Å². The summed E-state index contributed by atoms with van der Waals surface area (Å²) in [6.45, 7) is 5.80. The van der Waals surface area contributed by atoms with Gasteiger partial charge in [-0.3, -0.25) is 0 Å². The molecule has 1 saturated heterocycles. The molecule has 2 fully saturated rings. The van der Waals surface area contributed by atoms with Crippen LogP contribution in [0.2, 0.25) is 0 Å². The van der Waals surface area contributed by atoms with Crippen molar-refractivity contribution in [2.75, 3.05) is 32.8 Å². The van der Waals surface area contributed by atoms with Crippen LogP contribution in [0.4, 0.5) is 4.79 Å². The summed E-state index contributed by atoms with van der Waals surface area (Å²) in [5.74, 6) is 0. The van der Waals surface area contributed by atoms with Gasteiger partial charge >= 0.3 is 6.03 Å². The second-order valence-corrected chi connectivity index (χ2v) is 7.69. The van der Waals surface area contributed by atoms with Crippen molar-refractivity contribution in [3.05, 3.63) is 35.5 Å². The van der Waals surface area contributed by atoms with Gasteiger partial charge in [0.05, 0.1) is 18.7 Å². The molecule has 1 aliphatic carbocycles. The second-order valence-electron chi connectivity index (χ2n) is 7.69. The van der Waals surface area contributed by atoms with Crippen LogP contribution in [0.1, 0.15) is 24.0 Å². The number of fused-ring (bicyclic) bond motifs is 1. The molecule has 1 aliphatic heterocycles. The summed E-state index contributed by atoms with van der Waals surface area (Å²) in [5, 5.41) is 4.39. The van der Waals surface area contributed by atoms with Gasteiger partial charge in [-0.05, 0) is 37.3 Å². The summed E-state index contributed by atoms with van der Waals surface area (Å²) in [6.07, 6.45) is 5.41. The van der Waals surface area contributed by atoms with E-state index in [4.69, 9.17) is 4.74 Å². The van der Waals surface area contributed by atoms with Gasteiger partial charge in [0.1, 0.15) is 0 Å². The van der Waals surface area contributed by atoms with E-state index in [0.29, 0.717) is 19.7 Å². The number of aromatic nitrogens is 1. The monoisotopic (exact) mass is 341 g/mol. The van der Waals surface area contributed by atoms with Gasteiger partial charge in [0.2, 0.25) is 0 Å². The molecule has 0 atom stereocenters. The lowest BCUT2D eigenvalue weighted by Crippen LogP contribution is -2.43. The number of rotatable bonds is 3. The number of carbonyl (C=O) groups excluding carboxylic acids is 1. The molecule has 5 nitrogen and oxygen atoms in total. The van der Waals surface area contributed by atoms with Gasteiger partial charge in [-0.15, -0.1) is 0 Å². The number of amides is 2. The molecule has 2 aliphatic rings. The van der Waals surface area contributed by atoms with Crippen molar-refractivity contribution in [3.63, 3.8) is 0 Å². The van der Waals surface area contributed by atoms with Gasteiger partial charge in [-0.1, -0.05) is 18.2 Å². The van der Waals surface area contributed by atoms with Crippen LogP contribution in [0.5, 0.6) is 0 Å². The van der Waals surface area contributed by atoms with Crippen molar-refractivity contribution in [1.82, 2.24) is 14.8 Å². The van der Waals surface area contributed by atoms with Gasteiger partial charge in [-0.25, -0.2) is 4.79 Å². The van der Waals surface area contributed by atoms with E-state index in [2.05, 4.69) is 48.3 Å². The first-order valence-corrected chi connectivity index (χ1v) is 9.22. The highest BCUT2D eigenvalue weighted by molar-refractivity contribution is 5.86. The van der Waals surface area contributed by atoms with Gasteiger partial charge in [0.15, 0.2) is 0 Å². The molecule has 0 bridgehead atoms. The number of carbonyl (C=O) groups is 1. The number of nitrogens with zero attached hydrogens (tertiary/aromatic N) is 2. The molecule has 1 aromatic heterocycles. The van der Waals surface area contributed by atoms with Crippen LogP contribution >= 0.6 is 0 Å². The molecule has 1 saturated carbocycles. The fourth-order valence-electron chi connectivity index (χ4n) is 4.01. The minimum Gasteiger partial charge on any atom is -0.379 e. The number of ether oxygens (including phenoxy) is 1. The van der Waals surface area contributed by atoms with Gasteiger partial charge in [0.25, 0.3) is 0 Å². The van der Waals surface area contributed by atoms with E-state index in [1.54, 1.807) is 0 Å². The molecule has 0 unspecified atom stereocenters. The zero-order valence-electron chi connectivity index (χ0n) is 15.2. The Labute approximate surface area is 148 Å². The second kappa shape index (κ2) is 6.37. The predicted molar refractivity (Wildman–Crippen MR) is 98.8 cm³/mol. The maximum Gasteiger partial charge on any atom is 0.317 e. The largest absolute Gasteiger partial charge is 0.379 e. The molecule has 1 spiro atoms. The Hall–Kier alpha value is -2.01. The third-order valence-electron chi connectivity index (χ3n) is 5.64. The van der Waals surface area contributed by atoms with E-state index in [1.807, 2.05) is 4.90 Å². The van der Waals surface area contributed by atoms with E-state index in [-0.39, 0.29) is 11.4 Å². The molecular weight excluding hydrogens is 314 g/mol. The van der Waals surface area contributed by atoms with Crippen LogP contribution in [-0.4, -0.2) is 48.3 Å². The molecule has 4 rings (SSSR count). The van der Waals surface area contributed by atoms with Crippen LogP contribution in [-0.2, 0) is 18.2 Å². The Kier molecular flexibility index (Phi) is 4.20. The third kappa shape index (κ3) is 3.25. The zero-order chi connectivity index (χ0) is 17.4. The Bertz CT molecular complexity index is 792. The number of hydrogen-bond acceptors (Lipinski definition) is 2. The van der Waals surface area contributed by atoms with Crippen molar-refractivity contribution in [3.8, 4) is 0 Å². The van der Waals surface area contributed by atoms with Crippen LogP contribution in [0.3, 0.4) is 0 Å². The van der Waals surface area contributed by atoms with Crippen molar-refractivity contribution < 1.29 is 9.53 Å². The lowest BCUT2D eigenvalue weighted by molar-refractivity contribution is 0.115. The first-order chi connectivity index (χ1) is 12.1. The highest BCUT2D eigenvalue weighted by Gasteiger charge is 2.46. The Morgan fingerprint density at radius 3 is 3.00 bits per heavy atom. The zero-order valence-corrected chi connectivity index (χ0v) is 15.2. The van der Waals surface area contributed by atoms with E-state index < -0.39 is 0 Å². The number of aryl methyl sites for hydroxylation is 2. The van der Waals surface area contributed by atoms with Gasteiger partial charge in [0, 0.05) is 43.7 Å². The summed E-state index contributed by atoms with van der Waals surface area (Å²) in [6, 6.07) is 6.46. The number of para-hydroxylation sites is 1. The van der Waals surface area contributed by atoms with Gasteiger partial charge < -0.3 is 19.5 Å². The lowest BCUT2D eigenvalue weighted by Gasteiger charge is -2.23. The molecule has 25 heavy (non-hydrogen) atoms. The predicted octanol–water partition coefficient (Wildman–Crippen LogP) is 2.85. The Morgan fingerprint density at radius 1 is 1.36 bits per heavy atom. The first-order valence-electron chi connectivity index (χ1n) is 9.22. The third-order valence-corrected chi connectivity index (χ3v) is 5.64. The summed E-state index contributed by atoms with van der Waals surface area (Å²) in [7, 11) is 2.09. The number of nitrogens with one attached hydrogen (secondary N) is 1. The topological polar surface area (TPSA) is 46.5 Å². The normalized spacial score (nSPS) is 19.2.